The van der Waals surface area contributed by atoms with E-state index < -0.39 is 0 Å². The highest BCUT2D eigenvalue weighted by Crippen LogP contribution is 2.29. The second-order valence-corrected chi connectivity index (χ2v) is 10.3. The average molecular weight is 568 g/mol. The normalized spacial score (nSPS) is 13.4. The van der Waals surface area contributed by atoms with Crippen LogP contribution in [0.5, 0.6) is 0 Å². The van der Waals surface area contributed by atoms with Gasteiger partial charge in [0.15, 0.2) is 0 Å². The van der Waals surface area contributed by atoms with Crippen molar-refractivity contribution in [2.24, 2.45) is 0 Å². The van der Waals surface area contributed by atoms with E-state index in [0.717, 1.165) is 30.5 Å². The molecule has 0 aliphatic carbocycles. The van der Waals surface area contributed by atoms with E-state index in [2.05, 4.69) is 20.4 Å². The van der Waals surface area contributed by atoms with E-state index in [-0.39, 0.29) is 17.6 Å². The zero-order chi connectivity index (χ0) is 26.5. The summed E-state index contributed by atoms with van der Waals surface area (Å²) in [5.74, 6) is 0.231. The molecule has 11 heteroatoms. The number of carbonyl (C=O) groups excluding carboxylic acids is 2. The molecule has 8 nitrogen and oxygen atoms in total. The van der Waals surface area contributed by atoms with E-state index in [0.29, 0.717) is 51.1 Å². The van der Waals surface area contributed by atoms with Gasteiger partial charge < -0.3 is 19.5 Å². The minimum atomic E-state index is -0.187. The summed E-state index contributed by atoms with van der Waals surface area (Å²) in [6.45, 7) is 2.67. The third-order valence-corrected chi connectivity index (χ3v) is 7.38. The Morgan fingerprint density at radius 3 is 2.42 bits per heavy atom. The Labute approximate surface area is 233 Å². The number of piperazine rings is 1. The molecule has 1 aliphatic rings. The number of hydrogen-bond acceptors (Lipinski definition) is 7. The van der Waals surface area contributed by atoms with Crippen LogP contribution in [-0.4, -0.2) is 58.8 Å². The molecule has 0 spiro atoms. The van der Waals surface area contributed by atoms with Gasteiger partial charge in [-0.25, -0.2) is 0 Å². The summed E-state index contributed by atoms with van der Waals surface area (Å²) < 4.78 is 5.63. The van der Waals surface area contributed by atoms with Crippen molar-refractivity contribution in [1.29, 1.82) is 0 Å². The summed E-state index contributed by atoms with van der Waals surface area (Å²) in [6.07, 6.45) is 0. The van der Waals surface area contributed by atoms with Gasteiger partial charge in [0, 0.05) is 48.1 Å². The predicted octanol–water partition coefficient (Wildman–Crippen LogP) is 5.74. The maximum absolute atomic E-state index is 12.8. The van der Waals surface area contributed by atoms with E-state index in [4.69, 9.17) is 27.6 Å². The maximum atomic E-state index is 12.8. The summed E-state index contributed by atoms with van der Waals surface area (Å²) in [6, 6.07) is 21.9. The molecule has 0 saturated carbocycles. The third kappa shape index (κ3) is 6.30. The lowest BCUT2D eigenvalue weighted by Crippen LogP contribution is -2.48. The minimum Gasteiger partial charge on any atom is -0.411 e. The van der Waals surface area contributed by atoms with Crippen LogP contribution in [0.15, 0.2) is 82.4 Å². The Morgan fingerprint density at radius 2 is 1.68 bits per heavy atom. The van der Waals surface area contributed by atoms with Crippen molar-refractivity contribution in [3.63, 3.8) is 0 Å². The smallest absolute Gasteiger partial charge is 0.277 e. The number of nitrogens with zero attached hydrogens (tertiary/aromatic N) is 4. The van der Waals surface area contributed by atoms with Gasteiger partial charge in [-0.15, -0.1) is 10.2 Å². The number of thioether (sulfide) groups is 1. The predicted molar refractivity (Wildman–Crippen MR) is 150 cm³/mol. The van der Waals surface area contributed by atoms with Crippen LogP contribution in [0.4, 0.5) is 11.4 Å². The van der Waals surface area contributed by atoms with Gasteiger partial charge in [-0.1, -0.05) is 53.2 Å². The summed E-state index contributed by atoms with van der Waals surface area (Å²) in [4.78, 5) is 29.3. The van der Waals surface area contributed by atoms with Crippen LogP contribution in [0.2, 0.25) is 10.0 Å². The zero-order valence-corrected chi connectivity index (χ0v) is 22.5. The van der Waals surface area contributed by atoms with Gasteiger partial charge in [-0.3, -0.25) is 9.59 Å². The lowest BCUT2D eigenvalue weighted by atomic mass is 10.1. The van der Waals surface area contributed by atoms with E-state index in [1.54, 1.807) is 36.4 Å². The molecule has 194 valence electrons. The molecular weight excluding hydrogens is 545 g/mol. The molecule has 1 fully saturated rings. The molecule has 0 bridgehead atoms. The van der Waals surface area contributed by atoms with Crippen molar-refractivity contribution in [3.8, 4) is 11.5 Å². The first-order chi connectivity index (χ1) is 18.5. The Kier molecular flexibility index (Phi) is 8.17. The van der Waals surface area contributed by atoms with Crippen LogP contribution < -0.4 is 10.2 Å². The summed E-state index contributed by atoms with van der Waals surface area (Å²) in [7, 11) is 0. The number of carbonyl (C=O) groups is 2. The average Bonchev–Trinajstić information content (AvgIpc) is 3.41. The molecule has 0 unspecified atom stereocenters. The summed E-state index contributed by atoms with van der Waals surface area (Å²) in [5.41, 5.74) is 2.97. The fourth-order valence-corrected chi connectivity index (χ4v) is 5.03. The molecule has 38 heavy (non-hydrogen) atoms. The molecule has 5 rings (SSSR count). The second-order valence-electron chi connectivity index (χ2n) is 8.53. The van der Waals surface area contributed by atoms with Crippen molar-refractivity contribution in [1.82, 2.24) is 15.1 Å². The van der Waals surface area contributed by atoms with E-state index in [1.807, 2.05) is 41.3 Å². The fraction of sp³-hybridized carbons (Fsp3) is 0.185. The Morgan fingerprint density at radius 1 is 0.921 bits per heavy atom. The van der Waals surface area contributed by atoms with Crippen LogP contribution in [0.1, 0.15) is 10.4 Å². The number of rotatable bonds is 7. The molecule has 2 amide bonds. The first-order valence-electron chi connectivity index (χ1n) is 11.9. The van der Waals surface area contributed by atoms with Crippen LogP contribution in [0, 0.1) is 0 Å². The molecule has 4 aromatic rings. The van der Waals surface area contributed by atoms with Gasteiger partial charge >= 0.3 is 0 Å². The highest BCUT2D eigenvalue weighted by Gasteiger charge is 2.22. The third-order valence-electron chi connectivity index (χ3n) is 5.99. The minimum absolute atomic E-state index is 0.0105. The van der Waals surface area contributed by atoms with Crippen molar-refractivity contribution in [3.05, 3.63) is 88.4 Å². The highest BCUT2D eigenvalue weighted by atomic mass is 35.5. The Balaban J connectivity index is 1.09. The number of nitrogens with one attached hydrogen (secondary N) is 1. The fourth-order valence-electron chi connectivity index (χ4n) is 4.06. The van der Waals surface area contributed by atoms with E-state index in [9.17, 15) is 9.59 Å². The first kappa shape index (κ1) is 26.1. The zero-order valence-electron chi connectivity index (χ0n) is 20.1. The number of benzene rings is 3. The Bertz CT molecular complexity index is 1440. The first-order valence-corrected chi connectivity index (χ1v) is 13.6. The topological polar surface area (TPSA) is 91.6 Å². The second kappa shape index (κ2) is 11.9. The number of hydrogen-bond donors (Lipinski definition) is 1. The Hall–Kier alpha value is -3.53. The van der Waals surface area contributed by atoms with Crippen molar-refractivity contribution < 1.29 is 14.0 Å². The van der Waals surface area contributed by atoms with Gasteiger partial charge in [-0.05, 0) is 54.6 Å². The highest BCUT2D eigenvalue weighted by molar-refractivity contribution is 7.99. The van der Waals surface area contributed by atoms with Gasteiger partial charge in [0.1, 0.15) is 0 Å². The van der Waals surface area contributed by atoms with E-state index >= 15 is 0 Å². The number of anilines is 2. The maximum Gasteiger partial charge on any atom is 0.277 e. The molecule has 3 aromatic carbocycles. The number of aromatic nitrogens is 2. The lowest BCUT2D eigenvalue weighted by Gasteiger charge is -2.36. The van der Waals surface area contributed by atoms with Crippen LogP contribution in [-0.2, 0) is 4.79 Å². The quantitative estimate of drug-likeness (QED) is 0.285. The summed E-state index contributed by atoms with van der Waals surface area (Å²) >= 11 is 13.4. The molecular formula is C27H23Cl2N5O3S. The van der Waals surface area contributed by atoms with Crippen molar-refractivity contribution in [2.75, 3.05) is 42.1 Å². The molecule has 0 radical (unpaired) electrons. The number of amides is 2. The molecule has 0 atom stereocenters. The van der Waals surface area contributed by atoms with Crippen LogP contribution in [0.25, 0.3) is 11.5 Å². The molecule has 1 N–H and O–H groups in total. The van der Waals surface area contributed by atoms with Crippen molar-refractivity contribution in [2.45, 2.75) is 5.22 Å². The summed E-state index contributed by atoms with van der Waals surface area (Å²) in [5, 5.41) is 12.2. The van der Waals surface area contributed by atoms with Gasteiger partial charge in [0.2, 0.25) is 11.8 Å². The lowest BCUT2D eigenvalue weighted by molar-refractivity contribution is -0.113. The monoisotopic (exact) mass is 567 g/mol. The van der Waals surface area contributed by atoms with Gasteiger partial charge in [0.05, 0.1) is 16.3 Å². The van der Waals surface area contributed by atoms with E-state index in [1.165, 1.54) is 0 Å². The molecule has 1 saturated heterocycles. The van der Waals surface area contributed by atoms with Crippen LogP contribution in [0.3, 0.4) is 0 Å². The molecule has 1 aromatic heterocycles. The van der Waals surface area contributed by atoms with Crippen molar-refractivity contribution >= 4 is 58.2 Å². The standard InChI is InChI=1S/C27H23Cl2N5O3S/c28-19-5-3-4-18(16-19)26(36)34-14-12-33(13-15-34)21-10-8-20(9-11-21)30-24(35)17-38-27-32-31-25(37-27)22-6-1-2-7-23(22)29/h1-11,16H,12-15,17H2,(H,30,35). The van der Waals surface area contributed by atoms with Crippen LogP contribution >= 0.6 is 35.0 Å². The SMILES string of the molecule is O=C(CSc1nnc(-c2ccccc2Cl)o1)Nc1ccc(N2CCN(C(=O)c3cccc(Cl)c3)CC2)cc1. The van der Waals surface area contributed by atoms with Gasteiger partial charge in [-0.2, -0.15) is 0 Å². The van der Waals surface area contributed by atoms with Gasteiger partial charge in [0.25, 0.3) is 11.1 Å². The largest absolute Gasteiger partial charge is 0.411 e. The number of halogens is 2. The molecule has 1 aliphatic heterocycles. The molecule has 2 heterocycles.